The lowest BCUT2D eigenvalue weighted by Crippen LogP contribution is -2.31. The molecule has 406 valence electrons. The fraction of sp³-hybridized carbons (Fsp3) is 0.426. The number of ether oxygens (including phenoxy) is 4. The van der Waals surface area contributed by atoms with Gasteiger partial charge in [0.25, 0.3) is 0 Å². The van der Waals surface area contributed by atoms with Crippen molar-refractivity contribution in [1.29, 1.82) is 0 Å². The molecule has 0 spiro atoms. The summed E-state index contributed by atoms with van der Waals surface area (Å²) in [7, 11) is 0. The minimum Gasteiger partial charge on any atom is -0.483 e. The second-order valence-corrected chi connectivity index (χ2v) is 24.9. The molecule has 2 bridgehead atoms. The van der Waals surface area contributed by atoms with E-state index in [4.69, 9.17) is 18.9 Å². The van der Waals surface area contributed by atoms with Crippen LogP contribution in [0.2, 0.25) is 0 Å². The molecule has 9 rings (SSSR count). The lowest BCUT2D eigenvalue weighted by molar-refractivity contribution is 0.0732. The van der Waals surface area contributed by atoms with Gasteiger partial charge in [0.1, 0.15) is 34.2 Å². The number of hydrogen-bond donors (Lipinski definition) is 0. The molecule has 3 fully saturated rings. The zero-order valence-electron chi connectivity index (χ0n) is 47.8. The Morgan fingerprint density at radius 1 is 0.545 bits per heavy atom. The molecule has 77 heavy (non-hydrogen) atoms. The molecule has 6 atom stereocenters. The Balaban J connectivity index is 0.899. The molecule has 9 heteroatoms. The highest BCUT2D eigenvalue weighted by Crippen LogP contribution is 2.67. The Labute approximate surface area is 454 Å². The minimum atomic E-state index is -1.86. The van der Waals surface area contributed by atoms with Crippen molar-refractivity contribution in [3.63, 3.8) is 0 Å². The first-order valence-electron chi connectivity index (χ1n) is 27.4. The van der Waals surface area contributed by atoms with Gasteiger partial charge in [-0.25, -0.2) is 13.6 Å². The second-order valence-electron chi connectivity index (χ2n) is 24.9. The molecule has 3 saturated carbocycles. The van der Waals surface area contributed by atoms with Crippen molar-refractivity contribution in [3.05, 3.63) is 186 Å². The summed E-state index contributed by atoms with van der Waals surface area (Å²) in [6, 6.07) is 23.8. The fourth-order valence-electron chi connectivity index (χ4n) is 13.8. The van der Waals surface area contributed by atoms with Crippen LogP contribution in [-0.4, -0.2) is 5.97 Å². The predicted octanol–water partition coefficient (Wildman–Crippen LogP) is 18.3. The van der Waals surface area contributed by atoms with Crippen LogP contribution in [0.15, 0.2) is 79.4 Å². The van der Waals surface area contributed by atoms with Crippen LogP contribution >= 0.6 is 0 Å². The third-order valence-electron chi connectivity index (χ3n) is 17.4. The summed E-state index contributed by atoms with van der Waals surface area (Å²) < 4.78 is 90.5. The Bertz CT molecular complexity index is 3200. The predicted molar refractivity (Wildman–Crippen MR) is 300 cm³/mol. The molecule has 6 aromatic carbocycles. The van der Waals surface area contributed by atoms with E-state index in [-0.39, 0.29) is 11.2 Å². The van der Waals surface area contributed by atoms with Crippen molar-refractivity contribution in [2.45, 2.75) is 158 Å². The van der Waals surface area contributed by atoms with Gasteiger partial charge in [0, 0.05) is 0 Å². The molecule has 0 aromatic heterocycles. The van der Waals surface area contributed by atoms with E-state index in [2.05, 4.69) is 51.6 Å². The number of hydrogen-bond acceptors (Lipinski definition) is 5. The summed E-state index contributed by atoms with van der Waals surface area (Å²) in [5.74, 6) is -3.08. The van der Waals surface area contributed by atoms with Gasteiger partial charge in [-0.05, 0) is 253 Å². The first-order valence-corrected chi connectivity index (χ1v) is 27.4. The molecule has 0 aliphatic heterocycles. The van der Waals surface area contributed by atoms with E-state index in [1.807, 2.05) is 106 Å². The van der Waals surface area contributed by atoms with Crippen LogP contribution in [0, 0.1) is 108 Å². The summed E-state index contributed by atoms with van der Waals surface area (Å²) in [5.41, 5.74) is 8.88. The number of fused-ring (bicyclic) bond motifs is 5. The zero-order valence-corrected chi connectivity index (χ0v) is 47.8. The molecule has 3 aliphatic carbocycles. The SMILES string of the molecule is C=Cc1ccc(C(=O)Oc2c(C)cc(CC3CCC4C5CCC(C5c5cc(C)c(Oc6c(F)c(F)c(C(C)(C)Oc7c(C)cc(C(C)(C)Oc8c(C)cc(C(C)(C)C)cc8C)cc7C)c(F)c6F)c(C)c5)C34)cc2C)cc1. The number of benzene rings is 6. The van der Waals surface area contributed by atoms with Crippen LogP contribution < -0.4 is 18.9 Å². The van der Waals surface area contributed by atoms with Gasteiger partial charge in [0.05, 0.1) is 11.1 Å². The highest BCUT2D eigenvalue weighted by atomic mass is 19.2. The number of rotatable bonds is 14. The van der Waals surface area contributed by atoms with Crippen molar-refractivity contribution in [2.75, 3.05) is 0 Å². The van der Waals surface area contributed by atoms with E-state index in [1.165, 1.54) is 37.0 Å². The van der Waals surface area contributed by atoms with Gasteiger partial charge in [-0.2, -0.15) is 8.78 Å². The molecule has 3 aliphatic rings. The highest BCUT2D eigenvalue weighted by molar-refractivity contribution is 5.91. The van der Waals surface area contributed by atoms with Crippen molar-refractivity contribution in [3.8, 4) is 28.7 Å². The molecule has 0 saturated heterocycles. The van der Waals surface area contributed by atoms with E-state index >= 15 is 17.6 Å². The van der Waals surface area contributed by atoms with Crippen molar-refractivity contribution in [1.82, 2.24) is 0 Å². The maximum absolute atomic E-state index is 16.4. The fourth-order valence-corrected chi connectivity index (χ4v) is 13.8. The van der Waals surface area contributed by atoms with Gasteiger partial charge >= 0.3 is 5.97 Å². The van der Waals surface area contributed by atoms with Crippen LogP contribution in [0.1, 0.15) is 168 Å². The van der Waals surface area contributed by atoms with E-state index in [9.17, 15) is 4.79 Å². The summed E-state index contributed by atoms with van der Waals surface area (Å²) in [4.78, 5) is 13.1. The van der Waals surface area contributed by atoms with Gasteiger partial charge in [-0.15, -0.1) is 0 Å². The third-order valence-corrected chi connectivity index (χ3v) is 17.4. The maximum Gasteiger partial charge on any atom is 0.343 e. The summed E-state index contributed by atoms with van der Waals surface area (Å²) >= 11 is 0. The molecule has 0 heterocycles. The normalized spacial score (nSPS) is 20.1. The molecule has 0 N–H and O–H groups in total. The number of esters is 1. The van der Waals surface area contributed by atoms with Gasteiger partial charge in [0.2, 0.25) is 17.4 Å². The first kappa shape index (κ1) is 55.4. The Kier molecular flexibility index (Phi) is 14.7. The lowest BCUT2D eigenvalue weighted by atomic mass is 9.75. The number of halogens is 4. The summed E-state index contributed by atoms with van der Waals surface area (Å²) in [5, 5.41) is 0. The van der Waals surface area contributed by atoms with Crippen LogP contribution in [-0.2, 0) is 23.0 Å². The average Bonchev–Trinajstić information content (AvgIpc) is 4.20. The Morgan fingerprint density at radius 3 is 1.53 bits per heavy atom. The van der Waals surface area contributed by atoms with Crippen molar-refractivity contribution in [2.24, 2.45) is 29.6 Å². The van der Waals surface area contributed by atoms with Crippen molar-refractivity contribution < 1.29 is 41.3 Å². The van der Waals surface area contributed by atoms with Gasteiger partial charge < -0.3 is 18.9 Å². The average molecular weight is 1050 g/mol. The van der Waals surface area contributed by atoms with Gasteiger partial charge in [-0.1, -0.05) is 82.0 Å². The van der Waals surface area contributed by atoms with E-state index in [0.717, 1.165) is 64.8 Å². The standard InChI is InChI=1S/C68H76F4O5/c1-17-43-18-20-45(21-19-43)65(73)75-61-35(2)26-44(27-36(61)3)34-46-22-23-50-51-24-25-52(53(46)50)54(51)47-28-37(4)60(38(5)29-47)74-64-58(71)56(69)55(57(70)59(64)72)68(15,16)77-63-41(8)32-49(33-42(63)9)67(13,14)76-62-39(6)30-48(31-40(62)7)66(10,11)12/h17-21,26-33,46,50-54H,1,22-25,34H2,2-16H3. The van der Waals surface area contributed by atoms with Crippen LogP contribution in [0.3, 0.4) is 0 Å². The first-order chi connectivity index (χ1) is 36.1. The quantitative estimate of drug-likeness (QED) is 0.0471. The molecule has 6 aromatic rings. The number of carbonyl (C=O) groups is 1. The monoisotopic (exact) mass is 1050 g/mol. The molecular formula is C68H76F4O5. The van der Waals surface area contributed by atoms with E-state index < -0.39 is 51.8 Å². The molecule has 0 radical (unpaired) electrons. The summed E-state index contributed by atoms with van der Waals surface area (Å²) in [6.45, 7) is 32.5. The number of aryl methyl sites for hydroxylation is 8. The Hall–Kier alpha value is -6.35. The maximum atomic E-state index is 16.4. The molecule has 5 nitrogen and oxygen atoms in total. The summed E-state index contributed by atoms with van der Waals surface area (Å²) in [6.07, 6.45) is 7.30. The van der Waals surface area contributed by atoms with E-state index in [1.54, 1.807) is 18.2 Å². The molecular weight excluding hydrogens is 973 g/mol. The highest BCUT2D eigenvalue weighted by Gasteiger charge is 2.59. The number of carbonyl (C=O) groups excluding carboxylic acids is 1. The van der Waals surface area contributed by atoms with Crippen LogP contribution in [0.4, 0.5) is 17.6 Å². The largest absolute Gasteiger partial charge is 0.483 e. The van der Waals surface area contributed by atoms with Crippen LogP contribution in [0.25, 0.3) is 6.08 Å². The van der Waals surface area contributed by atoms with Gasteiger partial charge in [0.15, 0.2) is 11.6 Å². The minimum absolute atomic E-state index is 0.0185. The molecule has 0 amide bonds. The van der Waals surface area contributed by atoms with Gasteiger partial charge in [-0.3, -0.25) is 0 Å². The Morgan fingerprint density at radius 2 is 1.01 bits per heavy atom. The molecule has 6 unspecified atom stereocenters. The third kappa shape index (κ3) is 10.3. The second kappa shape index (κ2) is 20.5. The van der Waals surface area contributed by atoms with Crippen LogP contribution in [0.5, 0.6) is 28.7 Å². The smallest absolute Gasteiger partial charge is 0.343 e. The topological polar surface area (TPSA) is 54.0 Å². The lowest BCUT2D eigenvalue weighted by Gasteiger charge is -2.33. The van der Waals surface area contributed by atoms with Crippen molar-refractivity contribution >= 4 is 12.0 Å². The van der Waals surface area contributed by atoms with E-state index in [0.29, 0.717) is 74.8 Å². The zero-order chi connectivity index (χ0) is 56.0.